The number of benzene rings is 1. The Kier molecular flexibility index (Phi) is 5.82. The van der Waals surface area contributed by atoms with Crippen molar-refractivity contribution in [3.8, 4) is 0 Å². The smallest absolute Gasteiger partial charge is 0.249 e. The molecule has 0 aliphatic carbocycles. The number of nitrogens with zero attached hydrogens (tertiary/aromatic N) is 1. The molecule has 1 aromatic carbocycles. The quantitative estimate of drug-likeness (QED) is 0.714. The zero-order valence-electron chi connectivity index (χ0n) is 11.4. The minimum atomic E-state index is -0.369. The van der Waals surface area contributed by atoms with E-state index >= 15 is 0 Å². The van der Waals surface area contributed by atoms with Crippen LogP contribution in [0.15, 0.2) is 24.3 Å². The third kappa shape index (κ3) is 4.47. The van der Waals surface area contributed by atoms with Gasteiger partial charge < -0.3 is 16.0 Å². The molecule has 0 heterocycles. The molecule has 1 rings (SSSR count). The third-order valence-electron chi connectivity index (χ3n) is 3.12. The SMILES string of the molecule is CC(C)N(C)CCNCc1ccccc1C(N)=O. The average molecular weight is 249 g/mol. The second-order valence-corrected chi connectivity index (χ2v) is 4.77. The van der Waals surface area contributed by atoms with E-state index in [0.29, 0.717) is 18.2 Å². The Balaban J connectivity index is 2.42. The number of rotatable bonds is 7. The summed E-state index contributed by atoms with van der Waals surface area (Å²) in [5, 5.41) is 3.33. The van der Waals surface area contributed by atoms with Gasteiger partial charge in [-0.15, -0.1) is 0 Å². The van der Waals surface area contributed by atoms with E-state index in [4.69, 9.17) is 5.73 Å². The zero-order valence-corrected chi connectivity index (χ0v) is 11.4. The highest BCUT2D eigenvalue weighted by Gasteiger charge is 2.06. The van der Waals surface area contributed by atoms with E-state index in [1.165, 1.54) is 0 Å². The number of primary amides is 1. The molecular formula is C14H23N3O. The van der Waals surface area contributed by atoms with Crippen LogP contribution in [0, 0.1) is 0 Å². The highest BCUT2D eigenvalue weighted by Crippen LogP contribution is 2.07. The molecule has 1 amide bonds. The summed E-state index contributed by atoms with van der Waals surface area (Å²) in [6, 6.07) is 7.99. The van der Waals surface area contributed by atoms with Crippen molar-refractivity contribution >= 4 is 5.91 Å². The summed E-state index contributed by atoms with van der Waals surface area (Å²) in [4.78, 5) is 13.5. The van der Waals surface area contributed by atoms with Crippen molar-refractivity contribution < 1.29 is 4.79 Å². The first-order chi connectivity index (χ1) is 8.52. The Morgan fingerprint density at radius 1 is 1.39 bits per heavy atom. The Bertz CT molecular complexity index is 390. The van der Waals surface area contributed by atoms with E-state index in [1.807, 2.05) is 18.2 Å². The van der Waals surface area contributed by atoms with Gasteiger partial charge in [0.25, 0.3) is 0 Å². The molecule has 0 unspecified atom stereocenters. The number of carbonyl (C=O) groups is 1. The van der Waals surface area contributed by atoms with Gasteiger partial charge in [0.2, 0.25) is 5.91 Å². The van der Waals surface area contributed by atoms with Gasteiger partial charge in [-0.25, -0.2) is 0 Å². The molecule has 0 saturated carbocycles. The second-order valence-electron chi connectivity index (χ2n) is 4.77. The summed E-state index contributed by atoms with van der Waals surface area (Å²) in [6.07, 6.45) is 0. The van der Waals surface area contributed by atoms with Crippen molar-refractivity contribution in [1.29, 1.82) is 0 Å². The van der Waals surface area contributed by atoms with Gasteiger partial charge in [-0.05, 0) is 32.5 Å². The topological polar surface area (TPSA) is 58.4 Å². The van der Waals surface area contributed by atoms with Crippen LogP contribution in [0.4, 0.5) is 0 Å². The fraction of sp³-hybridized carbons (Fsp3) is 0.500. The molecule has 4 heteroatoms. The van der Waals surface area contributed by atoms with Crippen LogP contribution in [0.3, 0.4) is 0 Å². The first-order valence-electron chi connectivity index (χ1n) is 6.31. The van der Waals surface area contributed by atoms with Crippen LogP contribution in [0.25, 0.3) is 0 Å². The standard InChI is InChI=1S/C14H23N3O/c1-11(2)17(3)9-8-16-10-12-6-4-5-7-13(12)14(15)18/h4-7,11,16H,8-10H2,1-3H3,(H2,15,18). The van der Waals surface area contributed by atoms with Crippen molar-refractivity contribution in [2.24, 2.45) is 5.73 Å². The van der Waals surface area contributed by atoms with Gasteiger partial charge in [-0.1, -0.05) is 18.2 Å². The van der Waals surface area contributed by atoms with Crippen molar-refractivity contribution in [1.82, 2.24) is 10.2 Å². The van der Waals surface area contributed by atoms with Crippen LogP contribution in [0.2, 0.25) is 0 Å². The molecule has 4 nitrogen and oxygen atoms in total. The summed E-state index contributed by atoms with van der Waals surface area (Å²) in [5.41, 5.74) is 6.89. The second kappa shape index (κ2) is 7.13. The van der Waals surface area contributed by atoms with Crippen LogP contribution in [-0.2, 0) is 6.54 Å². The van der Waals surface area contributed by atoms with Crippen LogP contribution in [0.5, 0.6) is 0 Å². The number of hydrogen-bond donors (Lipinski definition) is 2. The monoisotopic (exact) mass is 249 g/mol. The van der Waals surface area contributed by atoms with Gasteiger partial charge in [0.15, 0.2) is 0 Å². The van der Waals surface area contributed by atoms with Crippen molar-refractivity contribution in [2.75, 3.05) is 20.1 Å². The Hall–Kier alpha value is -1.39. The van der Waals surface area contributed by atoms with E-state index in [0.717, 1.165) is 18.7 Å². The first-order valence-corrected chi connectivity index (χ1v) is 6.31. The lowest BCUT2D eigenvalue weighted by Gasteiger charge is -2.21. The van der Waals surface area contributed by atoms with Gasteiger partial charge in [0, 0.05) is 31.2 Å². The molecule has 3 N–H and O–H groups in total. The normalized spacial score (nSPS) is 11.2. The number of nitrogens with one attached hydrogen (secondary N) is 1. The van der Waals surface area contributed by atoms with E-state index in [-0.39, 0.29) is 5.91 Å². The van der Waals surface area contributed by atoms with E-state index < -0.39 is 0 Å². The van der Waals surface area contributed by atoms with Gasteiger partial charge in [0.05, 0.1) is 0 Å². The van der Waals surface area contributed by atoms with Crippen LogP contribution in [-0.4, -0.2) is 37.0 Å². The minimum Gasteiger partial charge on any atom is -0.366 e. The van der Waals surface area contributed by atoms with Crippen molar-refractivity contribution in [3.63, 3.8) is 0 Å². The van der Waals surface area contributed by atoms with Crippen LogP contribution in [0.1, 0.15) is 29.8 Å². The maximum absolute atomic E-state index is 11.2. The van der Waals surface area contributed by atoms with Crippen molar-refractivity contribution in [3.05, 3.63) is 35.4 Å². The Labute approximate surface area is 109 Å². The number of likely N-dealkylation sites (N-methyl/N-ethyl adjacent to an activating group) is 1. The van der Waals surface area contributed by atoms with Crippen LogP contribution >= 0.6 is 0 Å². The lowest BCUT2D eigenvalue weighted by molar-refractivity contribution is 0.0999. The molecule has 0 spiro atoms. The summed E-state index contributed by atoms with van der Waals surface area (Å²) >= 11 is 0. The first kappa shape index (κ1) is 14.7. The molecule has 0 saturated heterocycles. The predicted octanol–water partition coefficient (Wildman–Crippen LogP) is 1.22. The maximum Gasteiger partial charge on any atom is 0.249 e. The van der Waals surface area contributed by atoms with Crippen molar-refractivity contribution in [2.45, 2.75) is 26.4 Å². The molecule has 0 atom stereocenters. The molecule has 1 aromatic rings. The fourth-order valence-corrected chi connectivity index (χ4v) is 1.65. The number of hydrogen-bond acceptors (Lipinski definition) is 3. The summed E-state index contributed by atoms with van der Waals surface area (Å²) in [5.74, 6) is -0.369. The maximum atomic E-state index is 11.2. The Morgan fingerprint density at radius 3 is 2.67 bits per heavy atom. The summed E-state index contributed by atoms with van der Waals surface area (Å²) in [7, 11) is 2.10. The van der Waals surface area contributed by atoms with E-state index in [9.17, 15) is 4.79 Å². The number of carbonyl (C=O) groups excluding carboxylic acids is 1. The molecular weight excluding hydrogens is 226 g/mol. The van der Waals surface area contributed by atoms with Gasteiger partial charge in [-0.3, -0.25) is 4.79 Å². The van der Waals surface area contributed by atoms with Crippen LogP contribution < -0.4 is 11.1 Å². The highest BCUT2D eigenvalue weighted by molar-refractivity contribution is 5.94. The lowest BCUT2D eigenvalue weighted by atomic mass is 10.1. The Morgan fingerprint density at radius 2 is 2.06 bits per heavy atom. The number of nitrogens with two attached hydrogens (primary N) is 1. The largest absolute Gasteiger partial charge is 0.366 e. The summed E-state index contributed by atoms with van der Waals surface area (Å²) < 4.78 is 0. The molecule has 0 aliphatic rings. The summed E-state index contributed by atoms with van der Waals surface area (Å²) in [6.45, 7) is 6.88. The molecule has 0 fully saturated rings. The molecule has 0 aromatic heterocycles. The van der Waals surface area contributed by atoms with E-state index in [2.05, 4.69) is 31.1 Å². The van der Waals surface area contributed by atoms with Gasteiger partial charge >= 0.3 is 0 Å². The predicted molar refractivity (Wildman–Crippen MR) is 74.4 cm³/mol. The van der Waals surface area contributed by atoms with Gasteiger partial charge in [-0.2, -0.15) is 0 Å². The third-order valence-corrected chi connectivity index (χ3v) is 3.12. The fourth-order valence-electron chi connectivity index (χ4n) is 1.65. The molecule has 100 valence electrons. The van der Waals surface area contributed by atoms with E-state index in [1.54, 1.807) is 6.07 Å². The molecule has 0 aliphatic heterocycles. The average Bonchev–Trinajstić information content (AvgIpc) is 2.34. The minimum absolute atomic E-state index is 0.369. The number of amides is 1. The zero-order chi connectivity index (χ0) is 13.5. The van der Waals surface area contributed by atoms with Gasteiger partial charge in [0.1, 0.15) is 0 Å². The lowest BCUT2D eigenvalue weighted by Crippen LogP contribution is -2.33. The molecule has 0 bridgehead atoms. The molecule has 0 radical (unpaired) electrons. The highest BCUT2D eigenvalue weighted by atomic mass is 16.1. The molecule has 18 heavy (non-hydrogen) atoms.